The van der Waals surface area contributed by atoms with E-state index in [0.29, 0.717) is 25.5 Å². The first-order valence-electron chi connectivity index (χ1n) is 8.36. The van der Waals surface area contributed by atoms with E-state index in [-0.39, 0.29) is 11.7 Å². The van der Waals surface area contributed by atoms with E-state index in [1.807, 2.05) is 6.92 Å². The minimum atomic E-state index is -0.724. The molecule has 0 aliphatic carbocycles. The van der Waals surface area contributed by atoms with E-state index in [9.17, 15) is 9.18 Å². The predicted molar refractivity (Wildman–Crippen MR) is 89.6 cm³/mol. The zero-order valence-electron chi connectivity index (χ0n) is 14.4. The Morgan fingerprint density at radius 2 is 2.04 bits per heavy atom. The quantitative estimate of drug-likeness (QED) is 0.830. The van der Waals surface area contributed by atoms with Crippen LogP contribution in [0.1, 0.15) is 18.6 Å². The zero-order chi connectivity index (χ0) is 17.8. The largest absolute Gasteiger partial charge is 0.478 e. The van der Waals surface area contributed by atoms with Gasteiger partial charge in [-0.05, 0) is 26.0 Å². The van der Waals surface area contributed by atoms with Crippen LogP contribution in [0.25, 0.3) is 0 Å². The SMILES string of the molecule is Cc1cnc(CN2CCN(C(=O)C(C)Oc3ccccc3F)CC2)o1. The summed E-state index contributed by atoms with van der Waals surface area (Å²) in [5.41, 5.74) is 0. The van der Waals surface area contributed by atoms with E-state index in [0.717, 1.165) is 18.8 Å². The number of carbonyl (C=O) groups excluding carboxylic acids is 1. The van der Waals surface area contributed by atoms with Gasteiger partial charge in [-0.1, -0.05) is 12.1 Å². The number of benzene rings is 1. The van der Waals surface area contributed by atoms with E-state index >= 15 is 0 Å². The molecule has 1 atom stereocenters. The van der Waals surface area contributed by atoms with Gasteiger partial charge in [0, 0.05) is 26.2 Å². The Balaban J connectivity index is 1.50. The Hall–Kier alpha value is -2.41. The second-order valence-electron chi connectivity index (χ2n) is 6.16. The molecule has 1 aliphatic rings. The highest BCUT2D eigenvalue weighted by atomic mass is 19.1. The van der Waals surface area contributed by atoms with Crippen molar-refractivity contribution in [3.63, 3.8) is 0 Å². The van der Waals surface area contributed by atoms with E-state index in [1.54, 1.807) is 30.2 Å². The Morgan fingerprint density at radius 1 is 1.32 bits per heavy atom. The summed E-state index contributed by atoms with van der Waals surface area (Å²) in [5, 5.41) is 0. The van der Waals surface area contributed by atoms with Gasteiger partial charge < -0.3 is 14.1 Å². The van der Waals surface area contributed by atoms with Crippen molar-refractivity contribution in [1.82, 2.24) is 14.8 Å². The van der Waals surface area contributed by atoms with Crippen molar-refractivity contribution in [2.45, 2.75) is 26.5 Å². The third-order valence-electron chi connectivity index (χ3n) is 4.20. The van der Waals surface area contributed by atoms with Gasteiger partial charge in [0.05, 0.1) is 12.7 Å². The first kappa shape index (κ1) is 17.4. The summed E-state index contributed by atoms with van der Waals surface area (Å²) in [6, 6.07) is 6.10. The van der Waals surface area contributed by atoms with Crippen molar-refractivity contribution < 1.29 is 18.3 Å². The number of rotatable bonds is 5. The second-order valence-corrected chi connectivity index (χ2v) is 6.16. The standard InChI is InChI=1S/C18H22FN3O3/c1-13-11-20-17(24-13)12-21-7-9-22(10-8-21)18(23)14(2)25-16-6-4-3-5-15(16)19/h3-6,11,14H,7-10,12H2,1-2H3. The number of carbonyl (C=O) groups is 1. The minimum Gasteiger partial charge on any atom is -0.478 e. The van der Waals surface area contributed by atoms with Crippen molar-refractivity contribution in [3.05, 3.63) is 47.9 Å². The molecule has 1 aliphatic heterocycles. The highest BCUT2D eigenvalue weighted by Gasteiger charge is 2.27. The highest BCUT2D eigenvalue weighted by Crippen LogP contribution is 2.18. The Bertz CT molecular complexity index is 726. The van der Waals surface area contributed by atoms with Crippen LogP contribution in [-0.4, -0.2) is 53.0 Å². The third kappa shape index (κ3) is 4.36. The Labute approximate surface area is 146 Å². The van der Waals surface area contributed by atoms with Crippen LogP contribution >= 0.6 is 0 Å². The fraction of sp³-hybridized carbons (Fsp3) is 0.444. The lowest BCUT2D eigenvalue weighted by Crippen LogP contribution is -2.51. The zero-order valence-corrected chi connectivity index (χ0v) is 14.4. The third-order valence-corrected chi connectivity index (χ3v) is 4.20. The maximum absolute atomic E-state index is 13.6. The van der Waals surface area contributed by atoms with Gasteiger partial charge in [0.25, 0.3) is 5.91 Å². The molecule has 2 aromatic rings. The summed E-state index contributed by atoms with van der Waals surface area (Å²) in [4.78, 5) is 20.7. The normalized spacial score (nSPS) is 16.7. The molecule has 2 heterocycles. The van der Waals surface area contributed by atoms with E-state index in [1.165, 1.54) is 12.1 Å². The van der Waals surface area contributed by atoms with Crippen LogP contribution in [-0.2, 0) is 11.3 Å². The molecule has 134 valence electrons. The predicted octanol–water partition coefficient (Wildman–Crippen LogP) is 2.23. The molecule has 0 N–H and O–H groups in total. The minimum absolute atomic E-state index is 0.0984. The van der Waals surface area contributed by atoms with Crippen LogP contribution in [0.3, 0.4) is 0 Å². The number of aryl methyl sites for hydroxylation is 1. The van der Waals surface area contributed by atoms with Gasteiger partial charge in [0.2, 0.25) is 5.89 Å². The van der Waals surface area contributed by atoms with Crippen LogP contribution in [0.4, 0.5) is 4.39 Å². The van der Waals surface area contributed by atoms with Gasteiger partial charge in [0.15, 0.2) is 17.7 Å². The van der Waals surface area contributed by atoms with Crippen molar-refractivity contribution >= 4 is 5.91 Å². The number of nitrogens with zero attached hydrogens (tertiary/aromatic N) is 3. The van der Waals surface area contributed by atoms with Gasteiger partial charge in [-0.25, -0.2) is 9.37 Å². The Morgan fingerprint density at radius 3 is 2.68 bits per heavy atom. The van der Waals surface area contributed by atoms with Crippen LogP contribution in [0.2, 0.25) is 0 Å². The van der Waals surface area contributed by atoms with Crippen LogP contribution < -0.4 is 4.74 Å². The van der Waals surface area contributed by atoms with Gasteiger partial charge in [-0.3, -0.25) is 9.69 Å². The molecule has 3 rings (SSSR count). The molecule has 25 heavy (non-hydrogen) atoms. The average Bonchev–Trinajstić information content (AvgIpc) is 3.02. The molecular formula is C18H22FN3O3. The fourth-order valence-electron chi connectivity index (χ4n) is 2.83. The lowest BCUT2D eigenvalue weighted by molar-refractivity contribution is -0.139. The molecule has 1 saturated heterocycles. The topological polar surface area (TPSA) is 58.8 Å². The molecule has 0 saturated carbocycles. The molecule has 0 radical (unpaired) electrons. The number of ether oxygens (including phenoxy) is 1. The fourth-order valence-corrected chi connectivity index (χ4v) is 2.83. The van der Waals surface area contributed by atoms with E-state index in [4.69, 9.17) is 9.15 Å². The lowest BCUT2D eigenvalue weighted by atomic mass is 10.2. The van der Waals surface area contributed by atoms with E-state index < -0.39 is 11.9 Å². The number of piperazine rings is 1. The monoisotopic (exact) mass is 347 g/mol. The summed E-state index contributed by atoms with van der Waals surface area (Å²) < 4.78 is 24.6. The molecule has 0 bridgehead atoms. The number of halogens is 1. The Kier molecular flexibility index (Phi) is 5.33. The second kappa shape index (κ2) is 7.65. The number of amides is 1. The van der Waals surface area contributed by atoms with Gasteiger partial charge >= 0.3 is 0 Å². The van der Waals surface area contributed by atoms with Crippen LogP contribution in [0.15, 0.2) is 34.9 Å². The van der Waals surface area contributed by atoms with Crippen molar-refractivity contribution in [2.75, 3.05) is 26.2 Å². The average molecular weight is 347 g/mol. The lowest BCUT2D eigenvalue weighted by Gasteiger charge is -2.35. The summed E-state index contributed by atoms with van der Waals surface area (Å²) >= 11 is 0. The number of hydrogen-bond acceptors (Lipinski definition) is 5. The number of oxazole rings is 1. The summed E-state index contributed by atoms with van der Waals surface area (Å²) in [7, 11) is 0. The summed E-state index contributed by atoms with van der Waals surface area (Å²) in [5.74, 6) is 0.987. The van der Waals surface area contributed by atoms with Gasteiger partial charge in [-0.2, -0.15) is 0 Å². The molecule has 0 spiro atoms. The number of aromatic nitrogens is 1. The molecule has 1 fully saturated rings. The van der Waals surface area contributed by atoms with Crippen LogP contribution in [0, 0.1) is 12.7 Å². The molecule has 6 nitrogen and oxygen atoms in total. The molecule has 1 aromatic carbocycles. The molecule has 7 heteroatoms. The maximum Gasteiger partial charge on any atom is 0.263 e. The molecular weight excluding hydrogens is 325 g/mol. The molecule has 1 unspecified atom stereocenters. The first-order chi connectivity index (χ1) is 12.0. The van der Waals surface area contributed by atoms with Crippen LogP contribution in [0.5, 0.6) is 5.75 Å². The molecule has 1 amide bonds. The van der Waals surface area contributed by atoms with Gasteiger partial charge in [-0.15, -0.1) is 0 Å². The maximum atomic E-state index is 13.6. The number of para-hydroxylation sites is 1. The van der Waals surface area contributed by atoms with Crippen molar-refractivity contribution in [1.29, 1.82) is 0 Å². The van der Waals surface area contributed by atoms with Gasteiger partial charge in [0.1, 0.15) is 5.76 Å². The molecule has 1 aromatic heterocycles. The van der Waals surface area contributed by atoms with E-state index in [2.05, 4.69) is 9.88 Å². The smallest absolute Gasteiger partial charge is 0.263 e. The van der Waals surface area contributed by atoms with Crippen molar-refractivity contribution in [2.24, 2.45) is 0 Å². The van der Waals surface area contributed by atoms with Crippen molar-refractivity contribution in [3.8, 4) is 5.75 Å². The first-order valence-corrected chi connectivity index (χ1v) is 8.36. The number of hydrogen-bond donors (Lipinski definition) is 0. The summed E-state index contributed by atoms with van der Waals surface area (Å²) in [6.45, 7) is 6.82. The summed E-state index contributed by atoms with van der Waals surface area (Å²) in [6.07, 6.45) is 0.981. The highest BCUT2D eigenvalue weighted by molar-refractivity contribution is 5.81.